The van der Waals surface area contributed by atoms with Gasteiger partial charge in [0.05, 0.1) is 0 Å². The molecule has 0 aliphatic carbocycles. The fourth-order valence-electron chi connectivity index (χ4n) is 0.748. The second-order valence-corrected chi connectivity index (χ2v) is 3.50. The average molecular weight is 240 g/mol. The summed E-state index contributed by atoms with van der Waals surface area (Å²) in [7, 11) is 6.65. The minimum absolute atomic E-state index is 0. The van der Waals surface area contributed by atoms with Crippen LogP contribution in [0.5, 0.6) is 0 Å². The van der Waals surface area contributed by atoms with Gasteiger partial charge < -0.3 is 0 Å². The van der Waals surface area contributed by atoms with Gasteiger partial charge in [0.2, 0.25) is 0 Å². The van der Waals surface area contributed by atoms with E-state index in [-0.39, 0.29) is 17.1 Å². The van der Waals surface area contributed by atoms with E-state index in [9.17, 15) is 0 Å². The van der Waals surface area contributed by atoms with Crippen molar-refractivity contribution in [3.05, 3.63) is 48.5 Å². The van der Waals surface area contributed by atoms with Crippen molar-refractivity contribution in [2.45, 2.75) is 0 Å². The first-order valence-electron chi connectivity index (χ1n) is 3.65. The van der Waals surface area contributed by atoms with Crippen LogP contribution in [-0.2, 0) is 17.1 Å². The first-order valence-corrected chi connectivity index (χ1v) is 4.65. The molecule has 0 aliphatic rings. The monoisotopic (exact) mass is 240 g/mol. The van der Waals surface area contributed by atoms with Crippen molar-refractivity contribution in [1.29, 1.82) is 0 Å². The molecular formula is C10H8FeSi2. The Labute approximate surface area is 96.4 Å². The normalized spacial score (nSPS) is 8.15. The molecule has 0 amide bonds. The van der Waals surface area contributed by atoms with Gasteiger partial charge in [0.25, 0.3) is 0 Å². The summed E-state index contributed by atoms with van der Waals surface area (Å²) in [5, 5.41) is 2.30. The molecule has 64 valence electrons. The molecule has 0 spiro atoms. The van der Waals surface area contributed by atoms with Crippen LogP contribution in [0.3, 0.4) is 0 Å². The first-order chi connectivity index (χ1) is 5.79. The van der Waals surface area contributed by atoms with Crippen molar-refractivity contribution in [3.63, 3.8) is 0 Å². The summed E-state index contributed by atoms with van der Waals surface area (Å²) < 4.78 is 0. The van der Waals surface area contributed by atoms with Gasteiger partial charge in [-0.3, -0.25) is 0 Å². The van der Waals surface area contributed by atoms with Crippen LogP contribution < -0.4 is 10.4 Å². The minimum Gasteiger partial charge on any atom is -0.214 e. The zero-order valence-electron chi connectivity index (χ0n) is 6.97. The molecule has 13 heavy (non-hydrogen) atoms. The predicted octanol–water partition coefficient (Wildman–Crippen LogP) is 0.396. The van der Waals surface area contributed by atoms with Crippen LogP contribution in [0, 0.1) is 0 Å². The zero-order valence-corrected chi connectivity index (χ0v) is 10.1. The second-order valence-electron chi connectivity index (χ2n) is 2.35. The maximum atomic E-state index is 3.33. The summed E-state index contributed by atoms with van der Waals surface area (Å²) in [5.74, 6) is 0. The first kappa shape index (κ1) is 12.7. The molecule has 0 nitrogen and oxygen atoms in total. The van der Waals surface area contributed by atoms with Gasteiger partial charge in [0.1, 0.15) is 0 Å². The van der Waals surface area contributed by atoms with Gasteiger partial charge in [-0.05, 0) is 20.5 Å². The molecule has 2 aromatic rings. The Bertz CT molecular complexity index is 252. The fourth-order valence-corrected chi connectivity index (χ4v) is 1.13. The Balaban J connectivity index is 0.000000206. The molecule has 2 aromatic carbocycles. The molecule has 0 saturated carbocycles. The van der Waals surface area contributed by atoms with E-state index in [2.05, 4.69) is 20.5 Å². The van der Waals surface area contributed by atoms with E-state index < -0.39 is 0 Å². The largest absolute Gasteiger partial charge is 2.00 e. The van der Waals surface area contributed by atoms with Crippen LogP contribution in [0.2, 0.25) is 0 Å². The number of hydrogen-bond acceptors (Lipinski definition) is 0. The molecule has 0 aromatic heterocycles. The second kappa shape index (κ2) is 7.09. The van der Waals surface area contributed by atoms with Gasteiger partial charge in [0.15, 0.2) is 0 Å². The SMILES string of the molecule is [Fe+2].[Si][c-]1cccc1.[Si][c-]1cccc1. The van der Waals surface area contributed by atoms with Crippen LogP contribution in [0.1, 0.15) is 0 Å². The van der Waals surface area contributed by atoms with E-state index >= 15 is 0 Å². The van der Waals surface area contributed by atoms with E-state index in [0.29, 0.717) is 0 Å². The molecule has 0 N–H and O–H groups in total. The van der Waals surface area contributed by atoms with Crippen molar-refractivity contribution < 1.29 is 17.1 Å². The number of rotatable bonds is 0. The van der Waals surface area contributed by atoms with Crippen molar-refractivity contribution in [2.24, 2.45) is 0 Å². The summed E-state index contributed by atoms with van der Waals surface area (Å²) in [5.41, 5.74) is 0. The maximum Gasteiger partial charge on any atom is 2.00 e. The number of hydrogen-bond donors (Lipinski definition) is 0. The Morgan fingerprint density at radius 3 is 0.923 bits per heavy atom. The van der Waals surface area contributed by atoms with Gasteiger partial charge >= 0.3 is 17.1 Å². The topological polar surface area (TPSA) is 0 Å². The van der Waals surface area contributed by atoms with Crippen molar-refractivity contribution in [2.75, 3.05) is 0 Å². The third-order valence-electron chi connectivity index (χ3n) is 1.33. The molecule has 0 aliphatic heterocycles. The smallest absolute Gasteiger partial charge is 0.214 e. The Kier molecular flexibility index (Phi) is 6.91. The van der Waals surface area contributed by atoms with Crippen molar-refractivity contribution in [3.8, 4) is 0 Å². The Hall–Kier alpha value is -0.347. The van der Waals surface area contributed by atoms with E-state index in [0.717, 1.165) is 10.4 Å². The fraction of sp³-hybridized carbons (Fsp3) is 0. The third-order valence-corrected chi connectivity index (χ3v) is 1.99. The quantitative estimate of drug-likeness (QED) is 0.462. The molecule has 0 bridgehead atoms. The summed E-state index contributed by atoms with van der Waals surface area (Å²) in [6.45, 7) is 0. The van der Waals surface area contributed by atoms with E-state index in [1.165, 1.54) is 0 Å². The predicted molar refractivity (Wildman–Crippen MR) is 54.8 cm³/mol. The van der Waals surface area contributed by atoms with Crippen molar-refractivity contribution in [1.82, 2.24) is 0 Å². The molecule has 0 atom stereocenters. The van der Waals surface area contributed by atoms with Crippen LogP contribution in [0.4, 0.5) is 0 Å². The van der Waals surface area contributed by atoms with Crippen LogP contribution >= 0.6 is 0 Å². The van der Waals surface area contributed by atoms with Crippen LogP contribution in [-0.4, -0.2) is 20.5 Å². The van der Waals surface area contributed by atoms with E-state index in [1.54, 1.807) is 0 Å². The summed E-state index contributed by atoms with van der Waals surface area (Å²) in [6, 6.07) is 15.9. The molecular weight excluding hydrogens is 232 g/mol. The molecule has 6 radical (unpaired) electrons. The van der Waals surface area contributed by atoms with E-state index in [1.807, 2.05) is 48.5 Å². The summed E-state index contributed by atoms with van der Waals surface area (Å²) >= 11 is 0. The van der Waals surface area contributed by atoms with Gasteiger partial charge in [0, 0.05) is 0 Å². The molecule has 0 heterocycles. The standard InChI is InChI=1S/2C5H4Si.Fe/c2*6-5-3-1-2-4-5;/h2*1-4H;/q2*-1;+2. The van der Waals surface area contributed by atoms with Crippen LogP contribution in [0.25, 0.3) is 0 Å². The average Bonchev–Trinajstić information content (AvgIpc) is 2.63. The molecule has 3 heteroatoms. The third kappa shape index (κ3) is 5.83. The minimum atomic E-state index is 0. The Morgan fingerprint density at radius 2 is 0.846 bits per heavy atom. The van der Waals surface area contributed by atoms with Gasteiger partial charge in [-0.25, -0.2) is 24.3 Å². The molecule has 0 unspecified atom stereocenters. The molecule has 0 saturated heterocycles. The van der Waals surface area contributed by atoms with Gasteiger partial charge in [-0.2, -0.15) is 34.6 Å². The summed E-state index contributed by atoms with van der Waals surface area (Å²) in [4.78, 5) is 0. The maximum absolute atomic E-state index is 3.33. The Morgan fingerprint density at radius 1 is 0.615 bits per heavy atom. The van der Waals surface area contributed by atoms with Gasteiger partial charge in [-0.1, -0.05) is 0 Å². The molecule has 0 fully saturated rings. The van der Waals surface area contributed by atoms with Crippen LogP contribution in [0.15, 0.2) is 48.5 Å². The summed E-state index contributed by atoms with van der Waals surface area (Å²) in [6.07, 6.45) is 0. The van der Waals surface area contributed by atoms with E-state index in [4.69, 9.17) is 0 Å². The molecule has 2 rings (SSSR count). The zero-order chi connectivity index (χ0) is 8.81. The van der Waals surface area contributed by atoms with Crippen molar-refractivity contribution >= 4 is 30.9 Å². The van der Waals surface area contributed by atoms with Gasteiger partial charge in [-0.15, -0.1) is 0 Å².